The third kappa shape index (κ3) is 2.54. The summed E-state index contributed by atoms with van der Waals surface area (Å²) >= 11 is 3.66. The minimum Gasteiger partial charge on any atom is -0.353 e. The maximum Gasteiger partial charge on any atom is 0.223 e. The van der Waals surface area contributed by atoms with Crippen LogP contribution in [0.5, 0.6) is 0 Å². The Kier molecular flexibility index (Phi) is 3.47. The zero-order valence-corrected chi connectivity index (χ0v) is 11.9. The van der Waals surface area contributed by atoms with Gasteiger partial charge in [0.1, 0.15) is 0 Å². The van der Waals surface area contributed by atoms with E-state index < -0.39 is 0 Å². The molecule has 0 radical (unpaired) electrons. The summed E-state index contributed by atoms with van der Waals surface area (Å²) in [5.41, 5.74) is 0. The second kappa shape index (κ2) is 4.91. The minimum absolute atomic E-state index is 0.357. The summed E-state index contributed by atoms with van der Waals surface area (Å²) in [6.07, 6.45) is 9.91. The summed E-state index contributed by atoms with van der Waals surface area (Å²) in [4.78, 5) is 12.9. The van der Waals surface area contributed by atoms with Gasteiger partial charge >= 0.3 is 0 Å². The van der Waals surface area contributed by atoms with Gasteiger partial charge in [-0.2, -0.15) is 0 Å². The lowest BCUT2D eigenvalue weighted by Crippen LogP contribution is -2.42. The molecule has 3 aliphatic carbocycles. The predicted molar refractivity (Wildman–Crippen MR) is 72.1 cm³/mol. The van der Waals surface area contributed by atoms with Gasteiger partial charge in [0.25, 0.3) is 0 Å². The number of hydrogen-bond acceptors (Lipinski definition) is 1. The van der Waals surface area contributed by atoms with Crippen molar-refractivity contribution in [3.63, 3.8) is 0 Å². The fourth-order valence-electron chi connectivity index (χ4n) is 4.07. The van der Waals surface area contributed by atoms with Crippen molar-refractivity contribution < 1.29 is 4.79 Å². The van der Waals surface area contributed by atoms with Gasteiger partial charge in [-0.15, -0.1) is 0 Å². The lowest BCUT2D eigenvalue weighted by molar-refractivity contribution is -0.127. The van der Waals surface area contributed by atoms with Crippen molar-refractivity contribution in [3.8, 4) is 0 Å². The molecular weight excluding hydrogens is 278 g/mol. The molecule has 96 valence electrons. The van der Waals surface area contributed by atoms with Crippen LogP contribution in [0.15, 0.2) is 0 Å². The summed E-state index contributed by atoms with van der Waals surface area (Å²) < 4.78 is 0. The van der Waals surface area contributed by atoms with E-state index in [1.165, 1.54) is 38.5 Å². The molecule has 0 spiro atoms. The Labute approximate surface area is 112 Å². The van der Waals surface area contributed by atoms with Crippen molar-refractivity contribution in [3.05, 3.63) is 0 Å². The third-order valence-electron chi connectivity index (χ3n) is 5.08. The first kappa shape index (κ1) is 12.0. The smallest absolute Gasteiger partial charge is 0.223 e. The van der Waals surface area contributed by atoms with Gasteiger partial charge in [0.2, 0.25) is 5.91 Å². The number of halogens is 1. The molecule has 0 saturated heterocycles. The van der Waals surface area contributed by atoms with Gasteiger partial charge in [0.15, 0.2) is 0 Å². The first-order chi connectivity index (χ1) is 8.22. The Morgan fingerprint density at radius 3 is 2.35 bits per heavy atom. The van der Waals surface area contributed by atoms with Crippen molar-refractivity contribution in [2.75, 3.05) is 0 Å². The predicted octanol–water partition coefficient (Wildman–Crippen LogP) is 3.24. The summed E-state index contributed by atoms with van der Waals surface area (Å²) in [7, 11) is 0. The van der Waals surface area contributed by atoms with Crippen LogP contribution in [0.3, 0.4) is 0 Å². The normalized spacial score (nSPS) is 44.9. The van der Waals surface area contributed by atoms with E-state index >= 15 is 0 Å². The van der Waals surface area contributed by atoms with Gasteiger partial charge in [-0.3, -0.25) is 4.79 Å². The van der Waals surface area contributed by atoms with E-state index in [9.17, 15) is 4.79 Å². The Hall–Kier alpha value is -0.0500. The molecule has 0 aromatic heterocycles. The first-order valence-electron chi connectivity index (χ1n) is 7.17. The lowest BCUT2D eigenvalue weighted by Gasteiger charge is -2.29. The summed E-state index contributed by atoms with van der Waals surface area (Å²) in [5.74, 6) is 2.31. The van der Waals surface area contributed by atoms with Gasteiger partial charge in [-0.1, -0.05) is 22.4 Å². The van der Waals surface area contributed by atoms with Crippen molar-refractivity contribution in [2.45, 2.75) is 62.2 Å². The van der Waals surface area contributed by atoms with E-state index in [1.54, 1.807) is 0 Å². The van der Waals surface area contributed by atoms with Crippen LogP contribution in [0.2, 0.25) is 0 Å². The Balaban J connectivity index is 1.50. The highest BCUT2D eigenvalue weighted by Crippen LogP contribution is 2.48. The molecule has 3 fully saturated rings. The molecule has 0 heterocycles. The van der Waals surface area contributed by atoms with Crippen LogP contribution in [0.25, 0.3) is 0 Å². The van der Waals surface area contributed by atoms with Crippen LogP contribution < -0.4 is 5.32 Å². The number of nitrogens with one attached hydrogen (secondary N) is 1. The largest absolute Gasteiger partial charge is 0.353 e. The van der Waals surface area contributed by atoms with Crippen LogP contribution in [0.1, 0.15) is 51.4 Å². The molecule has 3 aliphatic rings. The molecule has 2 nitrogen and oxygen atoms in total. The minimum atomic E-state index is 0.357. The number of fused-ring (bicyclic) bond motifs is 2. The summed E-state index contributed by atoms with van der Waals surface area (Å²) in [6.45, 7) is 0. The van der Waals surface area contributed by atoms with Crippen molar-refractivity contribution in [2.24, 2.45) is 17.8 Å². The third-order valence-corrected chi connectivity index (χ3v) is 5.99. The van der Waals surface area contributed by atoms with Crippen molar-refractivity contribution >= 4 is 21.8 Å². The molecule has 17 heavy (non-hydrogen) atoms. The van der Waals surface area contributed by atoms with E-state index in [4.69, 9.17) is 0 Å². The highest BCUT2D eigenvalue weighted by atomic mass is 79.9. The van der Waals surface area contributed by atoms with E-state index in [0.717, 1.165) is 18.8 Å². The SMILES string of the molecule is O=C(NC1CCC(Br)CC1)C1CC2CCC1C2. The topological polar surface area (TPSA) is 29.1 Å². The van der Waals surface area contributed by atoms with Gasteiger partial charge in [-0.05, 0) is 56.8 Å². The van der Waals surface area contributed by atoms with Gasteiger partial charge < -0.3 is 5.32 Å². The fraction of sp³-hybridized carbons (Fsp3) is 0.929. The molecule has 3 atom stereocenters. The highest BCUT2D eigenvalue weighted by Gasteiger charge is 2.43. The second-order valence-electron chi connectivity index (χ2n) is 6.24. The zero-order valence-electron chi connectivity index (χ0n) is 10.3. The van der Waals surface area contributed by atoms with Crippen molar-refractivity contribution in [1.82, 2.24) is 5.32 Å². The van der Waals surface area contributed by atoms with Crippen LogP contribution in [0, 0.1) is 17.8 Å². The van der Waals surface area contributed by atoms with Crippen LogP contribution in [-0.2, 0) is 4.79 Å². The number of carbonyl (C=O) groups is 1. The molecule has 3 saturated carbocycles. The number of amides is 1. The first-order valence-corrected chi connectivity index (χ1v) is 8.08. The van der Waals surface area contributed by atoms with Gasteiger partial charge in [-0.25, -0.2) is 0 Å². The van der Waals surface area contributed by atoms with E-state index in [2.05, 4.69) is 21.2 Å². The highest BCUT2D eigenvalue weighted by molar-refractivity contribution is 9.09. The molecule has 1 N–H and O–H groups in total. The zero-order chi connectivity index (χ0) is 11.8. The average Bonchev–Trinajstić information content (AvgIpc) is 2.94. The Morgan fingerprint density at radius 1 is 1.00 bits per heavy atom. The molecule has 2 bridgehead atoms. The molecular formula is C14H22BrNO. The van der Waals surface area contributed by atoms with E-state index in [1.807, 2.05) is 0 Å². The maximum absolute atomic E-state index is 12.3. The molecule has 1 amide bonds. The number of carbonyl (C=O) groups excluding carboxylic acids is 1. The van der Waals surface area contributed by atoms with Crippen LogP contribution in [0.4, 0.5) is 0 Å². The van der Waals surface area contributed by atoms with Gasteiger partial charge in [0, 0.05) is 16.8 Å². The monoisotopic (exact) mass is 299 g/mol. The Bertz CT molecular complexity index is 299. The molecule has 3 heteroatoms. The van der Waals surface area contributed by atoms with Crippen molar-refractivity contribution in [1.29, 1.82) is 0 Å². The molecule has 3 unspecified atom stereocenters. The molecule has 0 aliphatic heterocycles. The number of alkyl halides is 1. The quantitative estimate of drug-likeness (QED) is 0.779. The van der Waals surface area contributed by atoms with Gasteiger partial charge in [0.05, 0.1) is 0 Å². The molecule has 3 rings (SSSR count). The molecule has 0 aromatic rings. The number of hydrogen-bond donors (Lipinski definition) is 1. The average molecular weight is 300 g/mol. The standard InChI is InChI=1S/C14H22BrNO/c15-11-3-5-12(6-4-11)16-14(17)13-8-9-1-2-10(13)7-9/h9-13H,1-8H2,(H,16,17). The van der Waals surface area contributed by atoms with E-state index in [-0.39, 0.29) is 0 Å². The molecule has 0 aromatic carbocycles. The van der Waals surface area contributed by atoms with Crippen LogP contribution >= 0.6 is 15.9 Å². The second-order valence-corrected chi connectivity index (χ2v) is 7.53. The fourth-order valence-corrected chi connectivity index (χ4v) is 4.60. The summed E-state index contributed by atoms with van der Waals surface area (Å²) in [5, 5.41) is 3.31. The van der Waals surface area contributed by atoms with Crippen LogP contribution in [-0.4, -0.2) is 16.8 Å². The lowest BCUT2D eigenvalue weighted by atomic mass is 9.87. The Morgan fingerprint density at radius 2 is 1.76 bits per heavy atom. The maximum atomic E-state index is 12.3. The number of rotatable bonds is 2. The summed E-state index contributed by atoms with van der Waals surface area (Å²) in [6, 6.07) is 0.454. The van der Waals surface area contributed by atoms with E-state index in [0.29, 0.717) is 28.6 Å².